The van der Waals surface area contributed by atoms with Crippen LogP contribution in [0.5, 0.6) is 0 Å². The van der Waals surface area contributed by atoms with Crippen LogP contribution in [0, 0.1) is 11.5 Å². The van der Waals surface area contributed by atoms with Crippen LogP contribution in [-0.4, -0.2) is 8.07 Å². The van der Waals surface area contributed by atoms with E-state index in [9.17, 15) is 0 Å². The van der Waals surface area contributed by atoms with Crippen LogP contribution in [0.4, 0.5) is 0 Å². The van der Waals surface area contributed by atoms with Crippen molar-refractivity contribution in [1.29, 1.82) is 0 Å². The van der Waals surface area contributed by atoms with Gasteiger partial charge in [-0.15, -0.1) is 5.54 Å². The van der Waals surface area contributed by atoms with E-state index >= 15 is 0 Å². The molecule has 0 aromatic carbocycles. The highest BCUT2D eigenvalue weighted by Gasteiger charge is 2.09. The quantitative estimate of drug-likeness (QED) is 0.292. The zero-order valence-electron chi connectivity index (χ0n) is 15.9. The molecule has 0 spiro atoms. The first kappa shape index (κ1) is 18.8. The minimum Gasteiger partial charge on any atom is -0.127 e. The Hall–Kier alpha value is -1.52. The molecular weight excluding hydrogens is 304 g/mol. The van der Waals surface area contributed by atoms with E-state index in [1.807, 2.05) is 0 Å². The predicted molar refractivity (Wildman–Crippen MR) is 110 cm³/mol. The summed E-state index contributed by atoms with van der Waals surface area (Å²) in [5.41, 5.74) is 8.69. The first-order chi connectivity index (χ1) is 11.5. The van der Waals surface area contributed by atoms with Crippen LogP contribution >= 0.6 is 0 Å². The summed E-state index contributed by atoms with van der Waals surface area (Å²) >= 11 is 0. The molecule has 0 bridgehead atoms. The summed E-state index contributed by atoms with van der Waals surface area (Å²) in [6.07, 6.45) is 9.37. The maximum absolute atomic E-state index is 3.46. The van der Waals surface area contributed by atoms with Crippen LogP contribution in [0.1, 0.15) is 56.6 Å². The molecule has 24 heavy (non-hydrogen) atoms. The highest BCUT2D eigenvalue weighted by Crippen LogP contribution is 2.25. The molecule has 0 fully saturated rings. The van der Waals surface area contributed by atoms with Crippen molar-refractivity contribution in [2.45, 2.75) is 71.5 Å². The summed E-state index contributed by atoms with van der Waals surface area (Å²) in [6, 6.07) is 13.6. The van der Waals surface area contributed by atoms with Crippen molar-refractivity contribution < 1.29 is 0 Å². The Bertz CT molecular complexity index is 633. The third kappa shape index (κ3) is 6.54. The molecule has 0 atom stereocenters. The lowest BCUT2D eigenvalue weighted by molar-refractivity contribution is 0.607. The van der Waals surface area contributed by atoms with Crippen LogP contribution in [-0.2, 0) is 6.42 Å². The third-order valence-corrected chi connectivity index (χ3v) is 5.19. The van der Waals surface area contributed by atoms with Crippen LogP contribution in [0.15, 0.2) is 36.4 Å². The fourth-order valence-corrected chi connectivity index (χ4v) is 3.41. The lowest BCUT2D eigenvalue weighted by Gasteiger charge is -2.02. The SMILES string of the molecule is CCCCCCCCc1ccc2cc(C#C[Si](C)(C)C)cc-2cc1. The monoisotopic (exact) mass is 336 g/mol. The van der Waals surface area contributed by atoms with Gasteiger partial charge in [0.25, 0.3) is 0 Å². The molecule has 0 aliphatic heterocycles. The van der Waals surface area contributed by atoms with E-state index < -0.39 is 8.07 Å². The third-order valence-electron chi connectivity index (χ3n) is 4.31. The Morgan fingerprint density at radius 2 is 1.38 bits per heavy atom. The second kappa shape index (κ2) is 9.09. The van der Waals surface area contributed by atoms with E-state index in [0.29, 0.717) is 0 Å². The second-order valence-electron chi connectivity index (χ2n) is 7.91. The lowest BCUT2D eigenvalue weighted by atomic mass is 10.1. The molecule has 1 heteroatoms. The van der Waals surface area contributed by atoms with Crippen molar-refractivity contribution >= 4 is 8.07 Å². The fourth-order valence-electron chi connectivity index (χ4n) is 2.89. The number of hydrogen-bond acceptors (Lipinski definition) is 0. The smallest absolute Gasteiger partial charge is 0.127 e. The van der Waals surface area contributed by atoms with E-state index in [2.05, 4.69) is 74.4 Å². The fraction of sp³-hybridized carbons (Fsp3) is 0.478. The Labute approximate surface area is 150 Å². The minimum atomic E-state index is -1.30. The van der Waals surface area contributed by atoms with E-state index in [4.69, 9.17) is 0 Å². The van der Waals surface area contributed by atoms with Crippen LogP contribution in [0.3, 0.4) is 0 Å². The van der Waals surface area contributed by atoms with Crippen molar-refractivity contribution in [2.75, 3.05) is 0 Å². The Morgan fingerprint density at radius 1 is 0.792 bits per heavy atom. The summed E-state index contributed by atoms with van der Waals surface area (Å²) < 4.78 is 0. The van der Waals surface area contributed by atoms with Gasteiger partial charge in [-0.1, -0.05) is 88.9 Å². The molecule has 2 aliphatic rings. The Morgan fingerprint density at radius 3 is 1.96 bits per heavy atom. The van der Waals surface area contributed by atoms with Gasteiger partial charge in [-0.2, -0.15) is 0 Å². The van der Waals surface area contributed by atoms with Crippen molar-refractivity contribution in [3.8, 4) is 22.6 Å². The number of hydrogen-bond donors (Lipinski definition) is 0. The molecule has 0 radical (unpaired) electrons. The van der Waals surface area contributed by atoms with Gasteiger partial charge < -0.3 is 0 Å². The van der Waals surface area contributed by atoms with Crippen molar-refractivity contribution in [2.24, 2.45) is 0 Å². The zero-order chi connectivity index (χ0) is 17.4. The largest absolute Gasteiger partial charge is 0.129 e. The van der Waals surface area contributed by atoms with E-state index in [0.717, 1.165) is 5.56 Å². The highest BCUT2D eigenvalue weighted by atomic mass is 28.3. The number of aryl methyl sites for hydroxylation is 1. The summed E-state index contributed by atoms with van der Waals surface area (Å²) in [5, 5.41) is 0. The van der Waals surface area contributed by atoms with Gasteiger partial charge >= 0.3 is 0 Å². The summed E-state index contributed by atoms with van der Waals surface area (Å²) in [6.45, 7) is 9.14. The molecule has 0 aromatic rings. The molecule has 0 saturated heterocycles. The zero-order valence-corrected chi connectivity index (χ0v) is 16.9. The van der Waals surface area contributed by atoms with Crippen molar-refractivity contribution in [1.82, 2.24) is 0 Å². The van der Waals surface area contributed by atoms with E-state index in [-0.39, 0.29) is 0 Å². The van der Waals surface area contributed by atoms with Gasteiger partial charge in [0.1, 0.15) is 8.07 Å². The standard InChI is InChI=1S/C23H32Si/c1-5-6-7-8-9-10-11-20-12-14-22-18-21(16-17-24(2,3)4)19-23(22)15-13-20/h12-15,18-19H,5-11H2,1-4H3. The van der Waals surface area contributed by atoms with Crippen LogP contribution < -0.4 is 0 Å². The average molecular weight is 337 g/mol. The first-order valence-corrected chi connectivity index (χ1v) is 13.0. The maximum atomic E-state index is 3.46. The summed E-state index contributed by atoms with van der Waals surface area (Å²) in [5.74, 6) is 3.37. The number of rotatable bonds is 7. The van der Waals surface area contributed by atoms with Crippen LogP contribution in [0.2, 0.25) is 19.6 Å². The van der Waals surface area contributed by atoms with Crippen molar-refractivity contribution in [3.05, 3.63) is 47.5 Å². The molecule has 2 rings (SSSR count). The van der Waals surface area contributed by atoms with Crippen molar-refractivity contribution in [3.63, 3.8) is 0 Å². The maximum Gasteiger partial charge on any atom is 0.129 e. The topological polar surface area (TPSA) is 0 Å². The van der Waals surface area contributed by atoms with Gasteiger partial charge in [0, 0.05) is 5.56 Å². The first-order valence-electron chi connectivity index (χ1n) is 9.54. The molecule has 128 valence electrons. The Balaban J connectivity index is 1.96. The molecule has 0 N–H and O–H groups in total. The number of unbranched alkanes of at least 4 members (excludes halogenated alkanes) is 5. The predicted octanol–water partition coefficient (Wildman–Crippen LogP) is 6.92. The molecule has 2 aliphatic carbocycles. The molecular formula is C23H32Si. The van der Waals surface area contributed by atoms with Gasteiger partial charge in [0.2, 0.25) is 0 Å². The number of fused-ring (bicyclic) bond motifs is 1. The average Bonchev–Trinajstić information content (AvgIpc) is 2.83. The lowest BCUT2D eigenvalue weighted by Crippen LogP contribution is -2.16. The Kier molecular flexibility index (Phi) is 7.12. The second-order valence-corrected chi connectivity index (χ2v) is 12.7. The van der Waals surface area contributed by atoms with Gasteiger partial charge in [-0.25, -0.2) is 0 Å². The van der Waals surface area contributed by atoms with Gasteiger partial charge in [0.15, 0.2) is 0 Å². The minimum absolute atomic E-state index is 1.16. The molecule has 0 heterocycles. The normalized spacial score (nSPS) is 11.3. The van der Waals surface area contributed by atoms with Crippen LogP contribution in [0.25, 0.3) is 11.1 Å². The molecule has 0 aromatic heterocycles. The van der Waals surface area contributed by atoms with Gasteiger partial charge in [-0.3, -0.25) is 0 Å². The summed E-state index contributed by atoms with van der Waals surface area (Å²) in [4.78, 5) is 0. The molecule has 0 amide bonds. The molecule has 0 nitrogen and oxygen atoms in total. The van der Waals surface area contributed by atoms with E-state index in [1.165, 1.54) is 61.6 Å². The van der Waals surface area contributed by atoms with E-state index in [1.54, 1.807) is 0 Å². The van der Waals surface area contributed by atoms with Gasteiger partial charge in [-0.05, 0) is 41.7 Å². The molecule has 0 unspecified atom stereocenters. The molecule has 0 saturated carbocycles. The highest BCUT2D eigenvalue weighted by molar-refractivity contribution is 6.83. The summed E-state index contributed by atoms with van der Waals surface area (Å²) in [7, 11) is -1.30. The van der Waals surface area contributed by atoms with Gasteiger partial charge in [0.05, 0.1) is 0 Å².